The van der Waals surface area contributed by atoms with Crippen LogP contribution in [0.2, 0.25) is 0 Å². The van der Waals surface area contributed by atoms with Gasteiger partial charge >= 0.3 is 0 Å². The van der Waals surface area contributed by atoms with E-state index in [4.69, 9.17) is 14.3 Å². The average Bonchev–Trinajstić information content (AvgIpc) is 2.92. The lowest BCUT2D eigenvalue weighted by Crippen LogP contribution is -2.30. The molecule has 1 heterocycles. The molecule has 2 N–H and O–H groups in total. The molecule has 0 fully saturated rings. The Kier molecular flexibility index (Phi) is 4.79. The number of para-hydroxylation sites is 1. The van der Waals surface area contributed by atoms with Gasteiger partial charge in [-0.05, 0) is 25.1 Å². The van der Waals surface area contributed by atoms with Gasteiger partial charge in [0.05, 0.1) is 12.4 Å². The summed E-state index contributed by atoms with van der Waals surface area (Å²) >= 11 is 0. The summed E-state index contributed by atoms with van der Waals surface area (Å²) < 4.78 is 10.8. The first-order valence-corrected chi connectivity index (χ1v) is 6.37. The van der Waals surface area contributed by atoms with Gasteiger partial charge in [0.2, 0.25) is 0 Å². The van der Waals surface area contributed by atoms with Gasteiger partial charge in [-0.1, -0.05) is 18.2 Å². The van der Waals surface area contributed by atoms with E-state index in [1.54, 1.807) is 13.0 Å². The molecule has 0 aliphatic heterocycles. The van der Waals surface area contributed by atoms with E-state index in [2.05, 4.69) is 5.32 Å². The molecule has 0 spiro atoms. The molecule has 20 heavy (non-hydrogen) atoms. The van der Waals surface area contributed by atoms with Gasteiger partial charge in [-0.2, -0.15) is 0 Å². The highest BCUT2D eigenvalue weighted by Gasteiger charge is 2.16. The van der Waals surface area contributed by atoms with Crippen LogP contribution in [0.3, 0.4) is 0 Å². The van der Waals surface area contributed by atoms with Crippen molar-refractivity contribution >= 4 is 5.91 Å². The van der Waals surface area contributed by atoms with Gasteiger partial charge < -0.3 is 19.6 Å². The van der Waals surface area contributed by atoms with E-state index in [1.807, 2.05) is 30.3 Å². The number of aliphatic hydroxyl groups excluding tert-OH is 1. The molecule has 0 saturated carbocycles. The third kappa shape index (κ3) is 3.86. The molecule has 5 heteroatoms. The molecule has 0 aliphatic carbocycles. The van der Waals surface area contributed by atoms with Crippen LogP contribution in [0.25, 0.3) is 0 Å². The molecular formula is C15H17NO4. The number of benzene rings is 1. The Morgan fingerprint density at radius 3 is 2.80 bits per heavy atom. The zero-order chi connectivity index (χ0) is 14.4. The normalized spacial score (nSPS) is 11.9. The number of aliphatic hydroxyl groups is 1. The third-order valence-electron chi connectivity index (χ3n) is 2.65. The molecule has 1 atom stereocenters. The van der Waals surface area contributed by atoms with Crippen molar-refractivity contribution in [1.29, 1.82) is 0 Å². The average molecular weight is 275 g/mol. The lowest BCUT2D eigenvalue weighted by atomic mass is 10.2. The summed E-state index contributed by atoms with van der Waals surface area (Å²) in [6.45, 7) is 2.03. The summed E-state index contributed by atoms with van der Waals surface area (Å²) in [4.78, 5) is 11.9. The van der Waals surface area contributed by atoms with Crippen LogP contribution < -0.4 is 10.1 Å². The van der Waals surface area contributed by atoms with Gasteiger partial charge in [0.25, 0.3) is 5.91 Å². The summed E-state index contributed by atoms with van der Waals surface area (Å²) in [6.07, 6.45) is 0.846. The Balaban J connectivity index is 1.96. The van der Waals surface area contributed by atoms with Gasteiger partial charge in [0.15, 0.2) is 5.76 Å². The summed E-state index contributed by atoms with van der Waals surface area (Å²) in [5.41, 5.74) is 0.664. The van der Waals surface area contributed by atoms with Crippen molar-refractivity contribution in [3.63, 3.8) is 0 Å². The predicted octanol–water partition coefficient (Wildman–Crippen LogP) is 1.97. The second-order valence-corrected chi connectivity index (χ2v) is 4.44. The van der Waals surface area contributed by atoms with Crippen molar-refractivity contribution in [2.24, 2.45) is 0 Å². The fraction of sp³-hybridized carbons (Fsp3) is 0.267. The molecule has 1 unspecified atom stereocenters. The summed E-state index contributed by atoms with van der Waals surface area (Å²) in [5, 5.41) is 11.7. The molecule has 5 nitrogen and oxygen atoms in total. The van der Waals surface area contributed by atoms with Crippen LogP contribution in [0.1, 0.15) is 23.0 Å². The van der Waals surface area contributed by atoms with Crippen LogP contribution in [-0.4, -0.2) is 23.7 Å². The van der Waals surface area contributed by atoms with Crippen molar-refractivity contribution < 1.29 is 19.1 Å². The number of ether oxygens (including phenoxy) is 1. The molecule has 106 valence electrons. The highest BCUT2D eigenvalue weighted by molar-refractivity contribution is 5.92. The van der Waals surface area contributed by atoms with Gasteiger partial charge in [0, 0.05) is 12.1 Å². The molecule has 1 aromatic carbocycles. The van der Waals surface area contributed by atoms with Crippen molar-refractivity contribution in [1.82, 2.24) is 5.32 Å². The lowest BCUT2D eigenvalue weighted by molar-refractivity contribution is 0.0893. The highest BCUT2D eigenvalue weighted by Crippen LogP contribution is 2.15. The molecule has 0 aliphatic rings. The Bertz CT molecular complexity index is 548. The summed E-state index contributed by atoms with van der Waals surface area (Å²) in [5.74, 6) is 0.577. The first-order chi connectivity index (χ1) is 9.66. The van der Waals surface area contributed by atoms with E-state index in [0.29, 0.717) is 5.56 Å². The maximum atomic E-state index is 11.9. The second kappa shape index (κ2) is 6.77. The summed E-state index contributed by atoms with van der Waals surface area (Å²) in [6, 6.07) is 11.0. The van der Waals surface area contributed by atoms with E-state index in [9.17, 15) is 4.79 Å². The van der Waals surface area contributed by atoms with Crippen molar-refractivity contribution in [3.8, 4) is 5.75 Å². The number of amides is 1. The molecule has 0 bridgehead atoms. The molecule has 1 amide bonds. The van der Waals surface area contributed by atoms with Crippen molar-refractivity contribution in [3.05, 3.63) is 54.0 Å². The molecule has 2 rings (SSSR count). The lowest BCUT2D eigenvalue weighted by Gasteiger charge is -2.08. The van der Waals surface area contributed by atoms with Gasteiger partial charge in [-0.15, -0.1) is 0 Å². The van der Waals surface area contributed by atoms with Gasteiger partial charge in [0.1, 0.15) is 12.4 Å². The molecular weight excluding hydrogens is 258 g/mol. The third-order valence-corrected chi connectivity index (χ3v) is 2.65. The highest BCUT2D eigenvalue weighted by atomic mass is 16.5. The fourth-order valence-electron chi connectivity index (χ4n) is 1.65. The van der Waals surface area contributed by atoms with E-state index in [0.717, 1.165) is 5.75 Å². The van der Waals surface area contributed by atoms with E-state index in [1.165, 1.54) is 6.26 Å². The number of carbonyl (C=O) groups excluding carboxylic acids is 1. The van der Waals surface area contributed by atoms with E-state index < -0.39 is 6.10 Å². The minimum atomic E-state index is -0.599. The van der Waals surface area contributed by atoms with E-state index in [-0.39, 0.29) is 24.8 Å². The van der Waals surface area contributed by atoms with Crippen LogP contribution in [0.5, 0.6) is 5.75 Å². The fourth-order valence-corrected chi connectivity index (χ4v) is 1.65. The maximum Gasteiger partial charge on any atom is 0.287 e. The zero-order valence-electron chi connectivity index (χ0n) is 11.2. The SMILES string of the molecule is CC(O)CNC(=O)c1occc1COc1ccccc1. The Morgan fingerprint density at radius 2 is 2.10 bits per heavy atom. The standard InChI is InChI=1S/C15H17NO4/c1-11(17)9-16-15(18)14-12(7-8-19-14)10-20-13-5-3-2-4-6-13/h2-8,11,17H,9-10H2,1H3,(H,16,18). The Hall–Kier alpha value is -2.27. The minimum absolute atomic E-state index is 0.179. The number of nitrogens with one attached hydrogen (secondary N) is 1. The zero-order valence-corrected chi connectivity index (χ0v) is 11.2. The number of carbonyl (C=O) groups is 1. The number of furan rings is 1. The van der Waals surface area contributed by atoms with E-state index >= 15 is 0 Å². The molecule has 2 aromatic rings. The first kappa shape index (κ1) is 14.1. The predicted molar refractivity (Wildman–Crippen MR) is 73.5 cm³/mol. The van der Waals surface area contributed by atoms with Crippen molar-refractivity contribution in [2.75, 3.05) is 6.54 Å². The van der Waals surface area contributed by atoms with Crippen LogP contribution in [0.4, 0.5) is 0 Å². The Morgan fingerprint density at radius 1 is 1.35 bits per heavy atom. The monoisotopic (exact) mass is 275 g/mol. The number of rotatable bonds is 6. The van der Waals surface area contributed by atoms with Crippen LogP contribution >= 0.6 is 0 Å². The quantitative estimate of drug-likeness (QED) is 0.845. The summed E-state index contributed by atoms with van der Waals surface area (Å²) in [7, 11) is 0. The topological polar surface area (TPSA) is 71.7 Å². The first-order valence-electron chi connectivity index (χ1n) is 6.37. The van der Waals surface area contributed by atoms with Gasteiger partial charge in [-0.25, -0.2) is 0 Å². The minimum Gasteiger partial charge on any atom is -0.489 e. The maximum absolute atomic E-state index is 11.9. The van der Waals surface area contributed by atoms with Crippen LogP contribution in [0.15, 0.2) is 47.1 Å². The van der Waals surface area contributed by atoms with Gasteiger partial charge in [-0.3, -0.25) is 4.79 Å². The number of hydrogen-bond acceptors (Lipinski definition) is 4. The van der Waals surface area contributed by atoms with Crippen LogP contribution in [-0.2, 0) is 6.61 Å². The molecule has 0 radical (unpaired) electrons. The van der Waals surface area contributed by atoms with Crippen LogP contribution in [0, 0.1) is 0 Å². The largest absolute Gasteiger partial charge is 0.489 e. The molecule has 0 saturated heterocycles. The smallest absolute Gasteiger partial charge is 0.287 e. The number of hydrogen-bond donors (Lipinski definition) is 2. The molecule has 1 aromatic heterocycles. The van der Waals surface area contributed by atoms with Crippen molar-refractivity contribution in [2.45, 2.75) is 19.6 Å². The second-order valence-electron chi connectivity index (χ2n) is 4.44. The Labute approximate surface area is 117 Å².